The maximum Gasteiger partial charge on any atom is 0.293 e. The molecule has 7 heteroatoms. The lowest BCUT2D eigenvalue weighted by Crippen LogP contribution is -2.23. The normalized spacial score (nSPS) is 11.6. The molecule has 0 heterocycles. The molecule has 120 valence electrons. The molecule has 0 bridgehead atoms. The van der Waals surface area contributed by atoms with Gasteiger partial charge in [-0.05, 0) is 36.8 Å². The van der Waals surface area contributed by atoms with Gasteiger partial charge in [-0.1, -0.05) is 28.1 Å². The summed E-state index contributed by atoms with van der Waals surface area (Å²) >= 11 is 3.36. The SMILES string of the molecule is CC(=O)NC(C)c1ccc(Nc2cccc(Br)c2)c([N+](=O)[O-])c1. The predicted octanol–water partition coefficient (Wildman–Crippen LogP) is 4.30. The molecule has 2 rings (SSSR count). The molecule has 0 saturated carbocycles. The van der Waals surface area contributed by atoms with Crippen LogP contribution in [-0.4, -0.2) is 10.8 Å². The monoisotopic (exact) mass is 377 g/mol. The minimum Gasteiger partial charge on any atom is -0.350 e. The van der Waals surface area contributed by atoms with E-state index < -0.39 is 4.92 Å². The van der Waals surface area contributed by atoms with Crippen molar-refractivity contribution < 1.29 is 9.72 Å². The summed E-state index contributed by atoms with van der Waals surface area (Å²) < 4.78 is 0.876. The van der Waals surface area contributed by atoms with Gasteiger partial charge in [0.25, 0.3) is 5.69 Å². The van der Waals surface area contributed by atoms with Crippen LogP contribution in [0.4, 0.5) is 17.1 Å². The highest BCUT2D eigenvalue weighted by Crippen LogP contribution is 2.31. The zero-order chi connectivity index (χ0) is 17.0. The number of carbonyl (C=O) groups is 1. The number of amides is 1. The fourth-order valence-corrected chi connectivity index (χ4v) is 2.58. The summed E-state index contributed by atoms with van der Waals surface area (Å²) in [5, 5.41) is 17.1. The third kappa shape index (κ3) is 4.53. The highest BCUT2D eigenvalue weighted by Gasteiger charge is 2.17. The fraction of sp³-hybridized carbons (Fsp3) is 0.188. The number of hydrogen-bond acceptors (Lipinski definition) is 4. The van der Waals surface area contributed by atoms with Crippen LogP contribution in [0.1, 0.15) is 25.5 Å². The molecule has 0 aliphatic rings. The number of carbonyl (C=O) groups excluding carboxylic acids is 1. The minimum absolute atomic E-state index is 0.0420. The highest BCUT2D eigenvalue weighted by atomic mass is 79.9. The number of nitro benzene ring substituents is 1. The summed E-state index contributed by atoms with van der Waals surface area (Å²) in [6, 6.07) is 11.9. The van der Waals surface area contributed by atoms with Crippen molar-refractivity contribution in [2.45, 2.75) is 19.9 Å². The number of nitrogens with one attached hydrogen (secondary N) is 2. The van der Waals surface area contributed by atoms with Gasteiger partial charge < -0.3 is 10.6 Å². The number of benzene rings is 2. The Morgan fingerprint density at radius 3 is 2.61 bits per heavy atom. The van der Waals surface area contributed by atoms with Gasteiger partial charge in [-0.2, -0.15) is 0 Å². The van der Waals surface area contributed by atoms with Crippen LogP contribution < -0.4 is 10.6 Å². The van der Waals surface area contributed by atoms with Gasteiger partial charge in [-0.25, -0.2) is 0 Å². The van der Waals surface area contributed by atoms with Gasteiger partial charge in [0.1, 0.15) is 5.69 Å². The van der Waals surface area contributed by atoms with Crippen LogP contribution in [0.5, 0.6) is 0 Å². The Morgan fingerprint density at radius 2 is 2.00 bits per heavy atom. The average Bonchev–Trinajstić information content (AvgIpc) is 2.46. The topological polar surface area (TPSA) is 84.3 Å². The number of nitrogens with zero attached hydrogens (tertiary/aromatic N) is 1. The molecule has 0 aliphatic heterocycles. The largest absolute Gasteiger partial charge is 0.350 e. The van der Waals surface area contributed by atoms with Gasteiger partial charge in [0.2, 0.25) is 5.91 Å². The summed E-state index contributed by atoms with van der Waals surface area (Å²) in [5.74, 6) is -0.184. The molecule has 0 fully saturated rings. The zero-order valence-electron chi connectivity index (χ0n) is 12.7. The van der Waals surface area contributed by atoms with Crippen LogP contribution >= 0.6 is 15.9 Å². The van der Waals surface area contributed by atoms with Crippen molar-refractivity contribution in [2.24, 2.45) is 0 Å². The van der Waals surface area contributed by atoms with Crippen molar-refractivity contribution in [2.75, 3.05) is 5.32 Å². The summed E-state index contributed by atoms with van der Waals surface area (Å²) in [5.41, 5.74) is 1.77. The second kappa shape index (κ2) is 7.23. The van der Waals surface area contributed by atoms with E-state index in [4.69, 9.17) is 0 Å². The first kappa shape index (κ1) is 17.0. The van der Waals surface area contributed by atoms with E-state index >= 15 is 0 Å². The Kier molecular flexibility index (Phi) is 5.33. The molecule has 23 heavy (non-hydrogen) atoms. The lowest BCUT2D eigenvalue weighted by atomic mass is 10.1. The van der Waals surface area contributed by atoms with Gasteiger partial charge in [0.15, 0.2) is 0 Å². The molecule has 2 aromatic carbocycles. The van der Waals surface area contributed by atoms with E-state index in [1.807, 2.05) is 24.3 Å². The molecule has 0 radical (unpaired) electrons. The smallest absolute Gasteiger partial charge is 0.293 e. The first-order chi connectivity index (χ1) is 10.9. The third-order valence-electron chi connectivity index (χ3n) is 3.24. The van der Waals surface area contributed by atoms with Gasteiger partial charge in [0, 0.05) is 23.2 Å². The average molecular weight is 378 g/mol. The van der Waals surface area contributed by atoms with Crippen molar-refractivity contribution in [3.05, 3.63) is 62.6 Å². The Labute approximate surface area is 142 Å². The zero-order valence-corrected chi connectivity index (χ0v) is 14.3. The van der Waals surface area contributed by atoms with Crippen LogP contribution in [-0.2, 0) is 4.79 Å². The molecule has 0 saturated heterocycles. The van der Waals surface area contributed by atoms with E-state index in [2.05, 4.69) is 26.6 Å². The number of hydrogen-bond donors (Lipinski definition) is 2. The fourth-order valence-electron chi connectivity index (χ4n) is 2.18. The summed E-state index contributed by atoms with van der Waals surface area (Å²) in [4.78, 5) is 22.0. The van der Waals surface area contributed by atoms with Crippen molar-refractivity contribution in [3.63, 3.8) is 0 Å². The van der Waals surface area contributed by atoms with Crippen LogP contribution in [0.3, 0.4) is 0 Å². The van der Waals surface area contributed by atoms with Crippen LogP contribution in [0.15, 0.2) is 46.9 Å². The van der Waals surface area contributed by atoms with E-state index in [0.717, 1.165) is 10.2 Å². The van der Waals surface area contributed by atoms with E-state index in [-0.39, 0.29) is 17.6 Å². The summed E-state index contributed by atoms with van der Waals surface area (Å²) in [6.45, 7) is 3.19. The van der Waals surface area contributed by atoms with Gasteiger partial charge >= 0.3 is 0 Å². The Morgan fingerprint density at radius 1 is 1.26 bits per heavy atom. The van der Waals surface area contributed by atoms with Crippen LogP contribution in [0.25, 0.3) is 0 Å². The Bertz CT molecular complexity index is 749. The maximum absolute atomic E-state index is 11.3. The number of halogens is 1. The second-order valence-electron chi connectivity index (χ2n) is 5.09. The predicted molar refractivity (Wildman–Crippen MR) is 92.8 cm³/mol. The molecule has 0 aromatic heterocycles. The van der Waals surface area contributed by atoms with Crippen molar-refractivity contribution >= 4 is 38.9 Å². The van der Waals surface area contributed by atoms with Gasteiger partial charge in [-0.15, -0.1) is 0 Å². The first-order valence-corrected chi connectivity index (χ1v) is 7.74. The van der Waals surface area contributed by atoms with E-state index in [0.29, 0.717) is 11.3 Å². The lowest BCUT2D eigenvalue weighted by Gasteiger charge is -2.14. The molecule has 0 aliphatic carbocycles. The van der Waals surface area contributed by atoms with Crippen molar-refractivity contribution in [1.82, 2.24) is 5.32 Å². The first-order valence-electron chi connectivity index (χ1n) is 6.95. The molecule has 0 spiro atoms. The number of rotatable bonds is 5. The van der Waals surface area contributed by atoms with Crippen LogP contribution in [0, 0.1) is 10.1 Å². The third-order valence-corrected chi connectivity index (χ3v) is 3.74. The highest BCUT2D eigenvalue weighted by molar-refractivity contribution is 9.10. The number of anilines is 2. The minimum atomic E-state index is -0.440. The molecule has 6 nitrogen and oxygen atoms in total. The second-order valence-corrected chi connectivity index (χ2v) is 6.01. The Hall–Kier alpha value is -2.41. The molecule has 1 unspecified atom stereocenters. The maximum atomic E-state index is 11.3. The molecule has 1 amide bonds. The van der Waals surface area contributed by atoms with E-state index in [1.54, 1.807) is 19.1 Å². The Balaban J connectivity index is 2.33. The molecule has 2 aromatic rings. The van der Waals surface area contributed by atoms with Gasteiger partial charge in [-0.3, -0.25) is 14.9 Å². The molecule has 1 atom stereocenters. The van der Waals surface area contributed by atoms with Gasteiger partial charge in [0.05, 0.1) is 11.0 Å². The standard InChI is InChI=1S/C16H16BrN3O3/c1-10(18-11(2)21)12-6-7-15(16(8-12)20(22)23)19-14-5-3-4-13(17)9-14/h3-10,19H,1-2H3,(H,18,21). The molecular weight excluding hydrogens is 362 g/mol. The van der Waals surface area contributed by atoms with E-state index in [9.17, 15) is 14.9 Å². The van der Waals surface area contributed by atoms with Crippen molar-refractivity contribution in [1.29, 1.82) is 0 Å². The number of nitro groups is 1. The van der Waals surface area contributed by atoms with E-state index in [1.165, 1.54) is 13.0 Å². The van der Waals surface area contributed by atoms with Crippen molar-refractivity contribution in [3.8, 4) is 0 Å². The summed E-state index contributed by atoms with van der Waals surface area (Å²) in [6.07, 6.45) is 0. The van der Waals surface area contributed by atoms with Crippen LogP contribution in [0.2, 0.25) is 0 Å². The molecule has 2 N–H and O–H groups in total. The quantitative estimate of drug-likeness (QED) is 0.600. The molecular formula is C16H16BrN3O3. The summed E-state index contributed by atoms with van der Waals surface area (Å²) in [7, 11) is 0. The lowest BCUT2D eigenvalue weighted by molar-refractivity contribution is -0.384.